The summed E-state index contributed by atoms with van der Waals surface area (Å²) in [4.78, 5) is 4.51. The van der Waals surface area contributed by atoms with Crippen LogP contribution in [0.25, 0.3) is 0 Å². The van der Waals surface area contributed by atoms with Gasteiger partial charge in [-0.1, -0.05) is 30.8 Å². The fourth-order valence-corrected chi connectivity index (χ4v) is 2.40. The van der Waals surface area contributed by atoms with Crippen molar-refractivity contribution in [1.29, 1.82) is 0 Å². The SMILES string of the molecule is C=C1OB(c2ccccc2CN(C)CCN(C)C)OC1(C)C. The Morgan fingerprint density at radius 3 is 2.41 bits per heavy atom. The number of likely N-dealkylation sites (N-methyl/N-ethyl adjacent to an activating group) is 2. The number of hydrogen-bond donors (Lipinski definition) is 0. The van der Waals surface area contributed by atoms with Gasteiger partial charge < -0.3 is 19.1 Å². The normalized spacial score (nSPS) is 17.4. The van der Waals surface area contributed by atoms with Gasteiger partial charge in [0, 0.05) is 25.1 Å². The van der Waals surface area contributed by atoms with E-state index in [1.54, 1.807) is 0 Å². The Bertz CT molecular complexity index is 531. The van der Waals surface area contributed by atoms with Gasteiger partial charge in [-0.2, -0.15) is 0 Å². The lowest BCUT2D eigenvalue weighted by atomic mass is 9.76. The van der Waals surface area contributed by atoms with Crippen molar-refractivity contribution in [2.24, 2.45) is 0 Å². The van der Waals surface area contributed by atoms with Gasteiger partial charge in [-0.05, 0) is 40.6 Å². The molecule has 4 nitrogen and oxygen atoms in total. The predicted molar refractivity (Wildman–Crippen MR) is 92.1 cm³/mol. The molecule has 0 unspecified atom stereocenters. The minimum atomic E-state index is -0.436. The standard InChI is InChI=1S/C17H27BN2O2/c1-14-17(2,3)22-18(21-14)16-10-8-7-9-15(16)13-20(6)12-11-19(4)5/h7-10H,1,11-13H2,2-6H3. The fourth-order valence-electron chi connectivity index (χ4n) is 2.40. The molecule has 0 aromatic heterocycles. The van der Waals surface area contributed by atoms with Crippen LogP contribution >= 0.6 is 0 Å². The molecule has 1 aromatic rings. The fraction of sp³-hybridized carbons (Fsp3) is 0.529. The van der Waals surface area contributed by atoms with Crippen molar-refractivity contribution in [2.75, 3.05) is 34.2 Å². The first-order chi connectivity index (χ1) is 10.3. The van der Waals surface area contributed by atoms with Crippen LogP contribution in [0.3, 0.4) is 0 Å². The maximum absolute atomic E-state index is 6.02. The van der Waals surface area contributed by atoms with Crippen molar-refractivity contribution < 1.29 is 9.31 Å². The van der Waals surface area contributed by atoms with E-state index in [-0.39, 0.29) is 7.12 Å². The number of nitrogens with zero attached hydrogens (tertiary/aromatic N) is 2. The van der Waals surface area contributed by atoms with Crippen molar-refractivity contribution in [2.45, 2.75) is 26.0 Å². The van der Waals surface area contributed by atoms with E-state index in [1.165, 1.54) is 5.56 Å². The van der Waals surface area contributed by atoms with E-state index in [0.717, 1.165) is 25.1 Å². The first-order valence-electron chi connectivity index (χ1n) is 7.74. The van der Waals surface area contributed by atoms with E-state index in [4.69, 9.17) is 9.31 Å². The molecule has 2 rings (SSSR count). The number of rotatable bonds is 6. The van der Waals surface area contributed by atoms with Crippen LogP contribution in [0.5, 0.6) is 0 Å². The summed E-state index contributed by atoms with van der Waals surface area (Å²) >= 11 is 0. The summed E-state index contributed by atoms with van der Waals surface area (Å²) in [6.45, 7) is 10.9. The first kappa shape index (κ1) is 17.1. The molecule has 0 radical (unpaired) electrons. The lowest BCUT2D eigenvalue weighted by molar-refractivity contribution is 0.173. The predicted octanol–water partition coefficient (Wildman–Crippen LogP) is 1.71. The van der Waals surface area contributed by atoms with E-state index < -0.39 is 5.60 Å². The molecule has 0 saturated carbocycles. The lowest BCUT2D eigenvalue weighted by Gasteiger charge is -2.21. The Kier molecular flexibility index (Phi) is 5.32. The Morgan fingerprint density at radius 2 is 1.82 bits per heavy atom. The van der Waals surface area contributed by atoms with Crippen LogP contribution < -0.4 is 5.46 Å². The van der Waals surface area contributed by atoms with Gasteiger partial charge in [-0.3, -0.25) is 0 Å². The zero-order valence-electron chi connectivity index (χ0n) is 14.4. The summed E-state index contributed by atoms with van der Waals surface area (Å²) in [5.41, 5.74) is 1.89. The van der Waals surface area contributed by atoms with Crippen molar-refractivity contribution in [3.05, 3.63) is 42.2 Å². The third kappa shape index (κ3) is 4.12. The molecule has 0 amide bonds. The number of benzene rings is 1. The summed E-state index contributed by atoms with van der Waals surface area (Å²) in [5.74, 6) is 0.688. The van der Waals surface area contributed by atoms with Crippen molar-refractivity contribution in [3.8, 4) is 0 Å². The highest BCUT2D eigenvalue weighted by atomic mass is 16.7. The summed E-state index contributed by atoms with van der Waals surface area (Å²) in [5, 5.41) is 0. The van der Waals surface area contributed by atoms with E-state index in [9.17, 15) is 0 Å². The van der Waals surface area contributed by atoms with Crippen molar-refractivity contribution in [1.82, 2.24) is 9.80 Å². The second-order valence-corrected chi connectivity index (χ2v) is 6.74. The van der Waals surface area contributed by atoms with Gasteiger partial charge >= 0.3 is 7.12 Å². The van der Waals surface area contributed by atoms with Crippen LogP contribution in [0.15, 0.2) is 36.6 Å². The molecule has 0 atom stereocenters. The van der Waals surface area contributed by atoms with Crippen LogP contribution in [0.4, 0.5) is 0 Å². The van der Waals surface area contributed by atoms with Crippen molar-refractivity contribution >= 4 is 12.6 Å². The van der Waals surface area contributed by atoms with Gasteiger partial charge in [0.15, 0.2) is 0 Å². The zero-order chi connectivity index (χ0) is 16.3. The van der Waals surface area contributed by atoms with Gasteiger partial charge in [0.25, 0.3) is 0 Å². The highest BCUT2D eigenvalue weighted by Crippen LogP contribution is 2.29. The maximum Gasteiger partial charge on any atom is 0.563 e. The molecule has 1 aliphatic rings. The quantitative estimate of drug-likeness (QED) is 0.747. The third-order valence-corrected chi connectivity index (χ3v) is 4.00. The van der Waals surface area contributed by atoms with Crippen molar-refractivity contribution in [3.63, 3.8) is 0 Å². The van der Waals surface area contributed by atoms with Crippen LogP contribution in [0.1, 0.15) is 19.4 Å². The molecule has 1 saturated heterocycles. The minimum absolute atomic E-state index is 0.360. The molecule has 0 aliphatic carbocycles. The van der Waals surface area contributed by atoms with Gasteiger partial charge in [-0.15, -0.1) is 0 Å². The van der Waals surface area contributed by atoms with E-state index >= 15 is 0 Å². The summed E-state index contributed by atoms with van der Waals surface area (Å²) in [7, 11) is 5.96. The van der Waals surface area contributed by atoms with Gasteiger partial charge in [0.05, 0.1) is 5.76 Å². The Morgan fingerprint density at radius 1 is 1.14 bits per heavy atom. The lowest BCUT2D eigenvalue weighted by Crippen LogP contribution is -2.38. The molecule has 0 spiro atoms. The summed E-state index contributed by atoms with van der Waals surface area (Å²) in [6, 6.07) is 8.31. The molecule has 1 aromatic carbocycles. The highest BCUT2D eigenvalue weighted by Gasteiger charge is 2.43. The molecule has 1 aliphatic heterocycles. The molecular formula is C17H27BN2O2. The zero-order valence-corrected chi connectivity index (χ0v) is 14.4. The topological polar surface area (TPSA) is 24.9 Å². The Labute approximate surface area is 134 Å². The summed E-state index contributed by atoms with van der Waals surface area (Å²) in [6.07, 6.45) is 0. The van der Waals surface area contributed by atoms with Crippen LogP contribution in [0, 0.1) is 0 Å². The van der Waals surface area contributed by atoms with Crippen LogP contribution in [0.2, 0.25) is 0 Å². The molecule has 120 valence electrons. The molecular weight excluding hydrogens is 275 g/mol. The Balaban J connectivity index is 2.09. The maximum atomic E-state index is 6.02. The molecule has 0 N–H and O–H groups in total. The second kappa shape index (κ2) is 6.86. The Hall–Kier alpha value is -1.30. The van der Waals surface area contributed by atoms with E-state index in [0.29, 0.717) is 5.76 Å². The van der Waals surface area contributed by atoms with Crippen LogP contribution in [-0.2, 0) is 15.9 Å². The molecule has 1 heterocycles. The monoisotopic (exact) mass is 302 g/mol. The largest absolute Gasteiger partial charge is 0.563 e. The smallest absolute Gasteiger partial charge is 0.534 e. The first-order valence-corrected chi connectivity index (χ1v) is 7.74. The van der Waals surface area contributed by atoms with Gasteiger partial charge in [0.2, 0.25) is 0 Å². The van der Waals surface area contributed by atoms with Crippen LogP contribution in [-0.4, -0.2) is 56.8 Å². The summed E-state index contributed by atoms with van der Waals surface area (Å²) < 4.78 is 11.9. The second-order valence-electron chi connectivity index (χ2n) is 6.74. The average Bonchev–Trinajstić information content (AvgIpc) is 2.71. The molecule has 5 heteroatoms. The molecule has 22 heavy (non-hydrogen) atoms. The van der Waals surface area contributed by atoms with E-state index in [2.05, 4.69) is 55.7 Å². The van der Waals surface area contributed by atoms with Gasteiger partial charge in [0.1, 0.15) is 5.60 Å². The highest BCUT2D eigenvalue weighted by molar-refractivity contribution is 6.62. The average molecular weight is 302 g/mol. The molecule has 0 bridgehead atoms. The third-order valence-electron chi connectivity index (χ3n) is 4.00. The van der Waals surface area contributed by atoms with E-state index in [1.807, 2.05) is 19.9 Å². The minimum Gasteiger partial charge on any atom is -0.534 e. The molecule has 1 fully saturated rings. The van der Waals surface area contributed by atoms with Gasteiger partial charge in [-0.25, -0.2) is 0 Å². The number of hydrogen-bond acceptors (Lipinski definition) is 4.